The van der Waals surface area contributed by atoms with E-state index in [0.29, 0.717) is 6.54 Å². The molecular weight excluding hydrogens is 252 g/mol. The molecule has 1 aromatic carbocycles. The first kappa shape index (κ1) is 13.7. The average Bonchev–Trinajstić information content (AvgIpc) is 3.21. The zero-order chi connectivity index (χ0) is 13.9. The Balaban J connectivity index is 1.69. The molecule has 0 spiro atoms. The smallest absolute Gasteiger partial charge is 0.161 e. The van der Waals surface area contributed by atoms with Crippen LogP contribution in [0.1, 0.15) is 31.4 Å². The van der Waals surface area contributed by atoms with E-state index in [1.165, 1.54) is 12.0 Å². The molecule has 3 rings (SSSR count). The maximum absolute atomic E-state index is 5.92. The molecule has 1 heterocycles. The van der Waals surface area contributed by atoms with Gasteiger partial charge in [-0.2, -0.15) is 0 Å². The summed E-state index contributed by atoms with van der Waals surface area (Å²) in [6, 6.07) is 6.36. The third kappa shape index (κ3) is 3.07. The van der Waals surface area contributed by atoms with E-state index in [1.54, 1.807) is 0 Å². The van der Waals surface area contributed by atoms with Gasteiger partial charge in [0.2, 0.25) is 0 Å². The highest BCUT2D eigenvalue weighted by molar-refractivity contribution is 5.44. The molecular formula is C16H24N2O2. The molecule has 1 aromatic rings. The Kier molecular flexibility index (Phi) is 4.13. The van der Waals surface area contributed by atoms with Gasteiger partial charge in [0.1, 0.15) is 0 Å². The molecule has 1 fully saturated rings. The monoisotopic (exact) mass is 276 g/mol. The molecule has 4 heteroatoms. The van der Waals surface area contributed by atoms with Crippen molar-refractivity contribution in [2.24, 2.45) is 17.6 Å². The van der Waals surface area contributed by atoms with Crippen molar-refractivity contribution < 1.29 is 9.47 Å². The largest absolute Gasteiger partial charge is 0.490 e. The number of rotatable bonds is 5. The molecule has 4 nitrogen and oxygen atoms in total. The highest BCUT2D eigenvalue weighted by atomic mass is 16.5. The predicted octanol–water partition coefficient (Wildman–Crippen LogP) is 2.09. The van der Waals surface area contributed by atoms with E-state index in [2.05, 4.69) is 24.4 Å². The molecule has 1 aliphatic heterocycles. The van der Waals surface area contributed by atoms with Crippen LogP contribution in [-0.4, -0.2) is 26.3 Å². The van der Waals surface area contributed by atoms with E-state index in [1.807, 2.05) is 6.07 Å². The van der Waals surface area contributed by atoms with Crippen LogP contribution in [0.2, 0.25) is 0 Å². The van der Waals surface area contributed by atoms with Crippen molar-refractivity contribution in [3.8, 4) is 11.5 Å². The van der Waals surface area contributed by atoms with Gasteiger partial charge < -0.3 is 20.5 Å². The summed E-state index contributed by atoms with van der Waals surface area (Å²) in [5.41, 5.74) is 7.10. The highest BCUT2D eigenvalue weighted by Crippen LogP contribution is 2.37. The molecule has 1 saturated carbocycles. The van der Waals surface area contributed by atoms with E-state index in [0.717, 1.165) is 49.5 Å². The van der Waals surface area contributed by atoms with Gasteiger partial charge >= 0.3 is 0 Å². The molecule has 110 valence electrons. The minimum atomic E-state index is 0.194. The highest BCUT2D eigenvalue weighted by Gasteiger charge is 2.32. The summed E-state index contributed by atoms with van der Waals surface area (Å²) >= 11 is 0. The van der Waals surface area contributed by atoms with Crippen LogP contribution < -0.4 is 20.5 Å². The van der Waals surface area contributed by atoms with Crippen LogP contribution in [0.4, 0.5) is 0 Å². The van der Waals surface area contributed by atoms with Gasteiger partial charge in [0.25, 0.3) is 0 Å². The molecule has 0 saturated heterocycles. The van der Waals surface area contributed by atoms with Crippen LogP contribution >= 0.6 is 0 Å². The van der Waals surface area contributed by atoms with Crippen LogP contribution in [0.15, 0.2) is 18.2 Å². The first-order chi connectivity index (χ1) is 9.78. The fraction of sp³-hybridized carbons (Fsp3) is 0.625. The van der Waals surface area contributed by atoms with E-state index >= 15 is 0 Å². The number of fused-ring (bicyclic) bond motifs is 1. The second kappa shape index (κ2) is 6.02. The van der Waals surface area contributed by atoms with Crippen molar-refractivity contribution in [3.05, 3.63) is 23.8 Å². The molecule has 2 aliphatic rings. The van der Waals surface area contributed by atoms with Gasteiger partial charge in [-0.3, -0.25) is 0 Å². The number of nitrogens with one attached hydrogen (secondary N) is 1. The zero-order valence-corrected chi connectivity index (χ0v) is 12.1. The van der Waals surface area contributed by atoms with Gasteiger partial charge in [-0.05, 0) is 42.5 Å². The maximum Gasteiger partial charge on any atom is 0.161 e. The normalized spacial score (nSPS) is 25.9. The third-order valence-electron chi connectivity index (χ3n) is 4.31. The average molecular weight is 276 g/mol. The number of ether oxygens (including phenoxy) is 2. The van der Waals surface area contributed by atoms with Gasteiger partial charge in [-0.25, -0.2) is 0 Å². The van der Waals surface area contributed by atoms with Crippen LogP contribution in [0, 0.1) is 11.8 Å². The maximum atomic E-state index is 5.92. The van der Waals surface area contributed by atoms with Crippen molar-refractivity contribution in [3.63, 3.8) is 0 Å². The van der Waals surface area contributed by atoms with E-state index in [-0.39, 0.29) is 6.04 Å². The lowest BCUT2D eigenvalue weighted by Crippen LogP contribution is -2.30. The summed E-state index contributed by atoms with van der Waals surface area (Å²) < 4.78 is 11.4. The number of hydrogen-bond donors (Lipinski definition) is 2. The number of benzene rings is 1. The quantitative estimate of drug-likeness (QED) is 0.864. The van der Waals surface area contributed by atoms with E-state index < -0.39 is 0 Å². The summed E-state index contributed by atoms with van der Waals surface area (Å²) in [5.74, 6) is 3.38. The lowest BCUT2D eigenvalue weighted by Gasteiger charge is -2.19. The van der Waals surface area contributed by atoms with Crippen molar-refractivity contribution in [2.75, 3.05) is 26.3 Å². The number of nitrogens with two attached hydrogens (primary N) is 1. The van der Waals surface area contributed by atoms with E-state index in [9.17, 15) is 0 Å². The fourth-order valence-corrected chi connectivity index (χ4v) is 2.71. The molecule has 0 radical (unpaired) electrons. The lowest BCUT2D eigenvalue weighted by molar-refractivity contribution is 0.297. The Bertz CT molecular complexity index is 464. The zero-order valence-electron chi connectivity index (χ0n) is 12.1. The first-order valence-corrected chi connectivity index (χ1v) is 7.61. The summed E-state index contributed by atoms with van der Waals surface area (Å²) in [5, 5.41) is 3.58. The van der Waals surface area contributed by atoms with Gasteiger partial charge in [-0.15, -0.1) is 0 Å². The SMILES string of the molecule is CC1CC1CNC(CN)c1ccc2c(c1)OCCCO2. The van der Waals surface area contributed by atoms with E-state index in [4.69, 9.17) is 15.2 Å². The minimum Gasteiger partial charge on any atom is -0.490 e. The molecule has 1 aliphatic carbocycles. The lowest BCUT2D eigenvalue weighted by atomic mass is 10.1. The van der Waals surface area contributed by atoms with Gasteiger partial charge in [0.05, 0.1) is 13.2 Å². The molecule has 3 unspecified atom stereocenters. The fourth-order valence-electron chi connectivity index (χ4n) is 2.71. The summed E-state index contributed by atoms with van der Waals surface area (Å²) in [6.45, 7) is 5.40. The molecule has 20 heavy (non-hydrogen) atoms. The van der Waals surface area contributed by atoms with Crippen LogP contribution in [0.3, 0.4) is 0 Å². The van der Waals surface area contributed by atoms with Gasteiger partial charge in [-0.1, -0.05) is 13.0 Å². The van der Waals surface area contributed by atoms with Crippen molar-refractivity contribution in [1.82, 2.24) is 5.32 Å². The minimum absolute atomic E-state index is 0.194. The van der Waals surface area contributed by atoms with Gasteiger partial charge in [0.15, 0.2) is 11.5 Å². The van der Waals surface area contributed by atoms with Crippen LogP contribution in [0.25, 0.3) is 0 Å². The Morgan fingerprint density at radius 2 is 2.05 bits per heavy atom. The molecule has 3 atom stereocenters. The van der Waals surface area contributed by atoms with Crippen molar-refractivity contribution in [1.29, 1.82) is 0 Å². The summed E-state index contributed by atoms with van der Waals surface area (Å²) in [4.78, 5) is 0. The van der Waals surface area contributed by atoms with Crippen LogP contribution in [0.5, 0.6) is 11.5 Å². The topological polar surface area (TPSA) is 56.5 Å². The summed E-state index contributed by atoms with van der Waals surface area (Å²) in [6.07, 6.45) is 2.27. The Hall–Kier alpha value is -1.26. The second-order valence-corrected chi connectivity index (χ2v) is 5.93. The second-order valence-electron chi connectivity index (χ2n) is 5.93. The third-order valence-corrected chi connectivity index (χ3v) is 4.31. The molecule has 3 N–H and O–H groups in total. The predicted molar refractivity (Wildman–Crippen MR) is 79.1 cm³/mol. The van der Waals surface area contributed by atoms with Crippen LogP contribution in [-0.2, 0) is 0 Å². The molecule has 0 amide bonds. The summed E-state index contributed by atoms with van der Waals surface area (Å²) in [7, 11) is 0. The number of hydrogen-bond acceptors (Lipinski definition) is 4. The first-order valence-electron chi connectivity index (χ1n) is 7.61. The Morgan fingerprint density at radius 1 is 1.30 bits per heavy atom. The molecule has 0 aromatic heterocycles. The standard InChI is InChI=1S/C16H24N2O2/c1-11-7-13(11)10-18-14(9-17)12-3-4-15-16(8-12)20-6-2-5-19-15/h3-4,8,11,13-14,18H,2,5-7,9-10,17H2,1H3. The molecule has 0 bridgehead atoms. The Labute approximate surface area is 120 Å². The van der Waals surface area contributed by atoms with Crippen molar-refractivity contribution >= 4 is 0 Å². The van der Waals surface area contributed by atoms with Gasteiger partial charge in [0, 0.05) is 19.0 Å². The van der Waals surface area contributed by atoms with Crippen molar-refractivity contribution in [2.45, 2.75) is 25.8 Å². The Morgan fingerprint density at radius 3 is 2.75 bits per heavy atom.